The zero-order chi connectivity index (χ0) is 15.0. The predicted octanol–water partition coefficient (Wildman–Crippen LogP) is 2.39. The summed E-state index contributed by atoms with van der Waals surface area (Å²) in [6.45, 7) is 0. The van der Waals surface area contributed by atoms with Crippen molar-refractivity contribution in [2.45, 2.75) is 12.5 Å². The first kappa shape index (κ1) is 13.6. The molecule has 0 aliphatic carbocycles. The van der Waals surface area contributed by atoms with Crippen molar-refractivity contribution in [1.82, 2.24) is 4.98 Å². The summed E-state index contributed by atoms with van der Waals surface area (Å²) in [5, 5.41) is 9.78. The number of pyridine rings is 1. The molecule has 0 radical (unpaired) electrons. The first-order valence-electron chi connectivity index (χ1n) is 6.34. The summed E-state index contributed by atoms with van der Waals surface area (Å²) in [4.78, 5) is 29.3. The maximum absolute atomic E-state index is 12.6. The van der Waals surface area contributed by atoms with Crippen molar-refractivity contribution in [2.75, 3.05) is 4.90 Å². The average molecular weight is 303 g/mol. The van der Waals surface area contributed by atoms with Crippen LogP contribution in [0.2, 0.25) is 5.02 Å². The Morgan fingerprint density at radius 1 is 1.24 bits per heavy atom. The van der Waals surface area contributed by atoms with E-state index >= 15 is 0 Å². The Bertz CT molecular complexity index is 715. The van der Waals surface area contributed by atoms with Crippen LogP contribution < -0.4 is 4.90 Å². The molecule has 0 saturated heterocycles. The van der Waals surface area contributed by atoms with Crippen LogP contribution in [-0.2, 0) is 11.2 Å². The maximum atomic E-state index is 12.6. The van der Waals surface area contributed by atoms with E-state index in [1.807, 2.05) is 12.1 Å². The lowest BCUT2D eigenvalue weighted by molar-refractivity contribution is -0.138. The molecule has 1 atom stereocenters. The van der Waals surface area contributed by atoms with Gasteiger partial charge in [0, 0.05) is 18.3 Å². The minimum Gasteiger partial charge on any atom is -0.480 e. The number of nitrogens with zero attached hydrogens (tertiary/aromatic N) is 2. The van der Waals surface area contributed by atoms with E-state index in [2.05, 4.69) is 4.98 Å². The molecule has 0 saturated carbocycles. The van der Waals surface area contributed by atoms with E-state index in [0.717, 1.165) is 5.56 Å². The summed E-state index contributed by atoms with van der Waals surface area (Å²) >= 11 is 5.75. The molecule has 1 amide bonds. The second-order valence-corrected chi connectivity index (χ2v) is 5.16. The maximum Gasteiger partial charge on any atom is 0.327 e. The summed E-state index contributed by atoms with van der Waals surface area (Å²) in [5.74, 6) is -1.47. The van der Waals surface area contributed by atoms with Crippen LogP contribution in [0.15, 0.2) is 42.6 Å². The SMILES string of the molecule is O=C(O)C1Cc2ccccc2N1C(=O)c1ccc(Cl)cn1. The lowest BCUT2D eigenvalue weighted by Crippen LogP contribution is -2.43. The number of carbonyl (C=O) groups is 2. The first-order valence-corrected chi connectivity index (χ1v) is 6.71. The molecule has 0 spiro atoms. The fourth-order valence-electron chi connectivity index (χ4n) is 2.46. The van der Waals surface area contributed by atoms with Crippen molar-refractivity contribution in [3.8, 4) is 0 Å². The van der Waals surface area contributed by atoms with Gasteiger partial charge in [0.25, 0.3) is 5.91 Å². The highest BCUT2D eigenvalue weighted by Crippen LogP contribution is 2.33. The highest BCUT2D eigenvalue weighted by atomic mass is 35.5. The Labute approximate surface area is 125 Å². The van der Waals surface area contributed by atoms with Gasteiger partial charge in [0.2, 0.25) is 0 Å². The molecule has 1 unspecified atom stereocenters. The number of carboxylic acid groups (broad SMARTS) is 1. The molecule has 2 heterocycles. The summed E-state index contributed by atoms with van der Waals surface area (Å²) in [6.07, 6.45) is 1.66. The molecule has 106 valence electrons. The van der Waals surface area contributed by atoms with Crippen molar-refractivity contribution in [3.05, 3.63) is 58.9 Å². The number of fused-ring (bicyclic) bond motifs is 1. The zero-order valence-electron chi connectivity index (χ0n) is 10.9. The number of hydrogen-bond acceptors (Lipinski definition) is 3. The molecule has 1 aliphatic rings. The summed E-state index contributed by atoms with van der Waals surface area (Å²) in [6, 6.07) is 9.31. The van der Waals surface area contributed by atoms with Crippen molar-refractivity contribution < 1.29 is 14.7 Å². The smallest absolute Gasteiger partial charge is 0.327 e. The van der Waals surface area contributed by atoms with Crippen LogP contribution in [0.4, 0.5) is 5.69 Å². The number of aliphatic carboxylic acids is 1. The van der Waals surface area contributed by atoms with Crippen molar-refractivity contribution in [1.29, 1.82) is 0 Å². The molecule has 1 aromatic heterocycles. The Morgan fingerprint density at radius 2 is 2.00 bits per heavy atom. The Hall–Kier alpha value is -2.40. The number of carboxylic acids is 1. The molecule has 6 heteroatoms. The molecule has 21 heavy (non-hydrogen) atoms. The van der Waals surface area contributed by atoms with E-state index in [-0.39, 0.29) is 5.69 Å². The Morgan fingerprint density at radius 3 is 2.67 bits per heavy atom. The van der Waals surface area contributed by atoms with Crippen LogP contribution >= 0.6 is 11.6 Å². The first-order chi connectivity index (χ1) is 10.1. The molecule has 0 fully saturated rings. The van der Waals surface area contributed by atoms with Gasteiger partial charge in [0.05, 0.1) is 5.02 Å². The van der Waals surface area contributed by atoms with Gasteiger partial charge in [-0.3, -0.25) is 9.69 Å². The van der Waals surface area contributed by atoms with Crippen molar-refractivity contribution >= 4 is 29.2 Å². The number of rotatable bonds is 2. The topological polar surface area (TPSA) is 70.5 Å². The summed E-state index contributed by atoms with van der Waals surface area (Å²) in [7, 11) is 0. The van der Waals surface area contributed by atoms with Gasteiger partial charge in [-0.2, -0.15) is 0 Å². The van der Waals surface area contributed by atoms with Gasteiger partial charge < -0.3 is 5.11 Å². The molecular formula is C15H11ClN2O3. The standard InChI is InChI=1S/C15H11ClN2O3/c16-10-5-6-11(17-8-10)14(19)18-12-4-2-1-3-9(12)7-13(18)15(20)21/h1-6,8,13H,7H2,(H,20,21). The number of anilines is 1. The summed E-state index contributed by atoms with van der Waals surface area (Å²) in [5.41, 5.74) is 1.63. The lowest BCUT2D eigenvalue weighted by atomic mass is 10.1. The number of benzene rings is 1. The Balaban J connectivity index is 2.03. The normalized spacial score (nSPS) is 16.6. The van der Waals surface area contributed by atoms with Crippen molar-refractivity contribution in [3.63, 3.8) is 0 Å². The highest BCUT2D eigenvalue weighted by Gasteiger charge is 2.38. The van der Waals surface area contributed by atoms with Crippen LogP contribution in [0.3, 0.4) is 0 Å². The third-order valence-corrected chi connectivity index (χ3v) is 3.65. The fraction of sp³-hybridized carbons (Fsp3) is 0.133. The average Bonchev–Trinajstić information content (AvgIpc) is 2.87. The zero-order valence-corrected chi connectivity index (χ0v) is 11.6. The number of hydrogen-bond donors (Lipinski definition) is 1. The van der Waals surface area contributed by atoms with Gasteiger partial charge in [0.15, 0.2) is 0 Å². The monoisotopic (exact) mass is 302 g/mol. The molecule has 3 rings (SSSR count). The molecular weight excluding hydrogens is 292 g/mol. The van der Waals surface area contributed by atoms with E-state index in [4.69, 9.17) is 11.6 Å². The van der Waals surface area contributed by atoms with E-state index in [1.54, 1.807) is 18.2 Å². The van der Waals surface area contributed by atoms with E-state index in [1.165, 1.54) is 17.2 Å². The second-order valence-electron chi connectivity index (χ2n) is 4.72. The quantitative estimate of drug-likeness (QED) is 0.924. The summed E-state index contributed by atoms with van der Waals surface area (Å²) < 4.78 is 0. The molecule has 5 nitrogen and oxygen atoms in total. The number of aromatic nitrogens is 1. The van der Waals surface area contributed by atoms with Gasteiger partial charge in [0.1, 0.15) is 11.7 Å². The fourth-order valence-corrected chi connectivity index (χ4v) is 2.57. The minimum atomic E-state index is -1.03. The predicted molar refractivity (Wildman–Crippen MR) is 77.6 cm³/mol. The molecule has 0 bridgehead atoms. The third kappa shape index (κ3) is 2.36. The number of amides is 1. The second kappa shape index (κ2) is 5.18. The van der Waals surface area contributed by atoms with E-state index in [9.17, 15) is 14.7 Å². The number of carbonyl (C=O) groups excluding carboxylic acids is 1. The molecule has 1 aliphatic heterocycles. The van der Waals surface area contributed by atoms with Crippen LogP contribution in [0.1, 0.15) is 16.1 Å². The van der Waals surface area contributed by atoms with Gasteiger partial charge in [-0.25, -0.2) is 9.78 Å². The van der Waals surface area contributed by atoms with Crippen LogP contribution in [0.25, 0.3) is 0 Å². The van der Waals surface area contributed by atoms with Gasteiger partial charge in [-0.15, -0.1) is 0 Å². The van der Waals surface area contributed by atoms with Crippen LogP contribution in [0.5, 0.6) is 0 Å². The van der Waals surface area contributed by atoms with Crippen LogP contribution in [0, 0.1) is 0 Å². The molecule has 2 aromatic rings. The minimum absolute atomic E-state index is 0.169. The largest absolute Gasteiger partial charge is 0.480 e. The Kier molecular flexibility index (Phi) is 3.35. The molecule has 1 N–H and O–H groups in total. The van der Waals surface area contributed by atoms with Gasteiger partial charge in [-0.1, -0.05) is 29.8 Å². The van der Waals surface area contributed by atoms with Crippen LogP contribution in [-0.4, -0.2) is 28.0 Å². The third-order valence-electron chi connectivity index (χ3n) is 3.43. The molecule has 1 aromatic carbocycles. The lowest BCUT2D eigenvalue weighted by Gasteiger charge is -2.22. The van der Waals surface area contributed by atoms with Gasteiger partial charge >= 0.3 is 5.97 Å². The van der Waals surface area contributed by atoms with Crippen molar-refractivity contribution in [2.24, 2.45) is 0 Å². The van der Waals surface area contributed by atoms with E-state index in [0.29, 0.717) is 17.1 Å². The number of halogens is 1. The van der Waals surface area contributed by atoms with E-state index < -0.39 is 17.9 Å². The highest BCUT2D eigenvalue weighted by molar-refractivity contribution is 6.30. The number of para-hydroxylation sites is 1. The van der Waals surface area contributed by atoms with Gasteiger partial charge in [-0.05, 0) is 23.8 Å².